The number of hydrogen-bond donors (Lipinski definition) is 1. The summed E-state index contributed by atoms with van der Waals surface area (Å²) < 4.78 is 0.715. The van der Waals surface area contributed by atoms with Gasteiger partial charge < -0.3 is 5.32 Å². The van der Waals surface area contributed by atoms with Gasteiger partial charge in [0.1, 0.15) is 4.60 Å². The molecule has 0 bridgehead atoms. The van der Waals surface area contributed by atoms with E-state index in [1.807, 2.05) is 6.92 Å². The summed E-state index contributed by atoms with van der Waals surface area (Å²) in [6.07, 6.45) is 0. The fourth-order valence-corrected chi connectivity index (χ4v) is 2.42. The highest BCUT2D eigenvalue weighted by Gasteiger charge is 2.12. The molecule has 1 N–H and O–H groups in total. The van der Waals surface area contributed by atoms with Crippen molar-refractivity contribution in [1.29, 1.82) is 0 Å². The third-order valence-corrected chi connectivity index (χ3v) is 3.47. The third kappa shape index (κ3) is 3.47. The van der Waals surface area contributed by atoms with Gasteiger partial charge in [-0.05, 0) is 53.2 Å². The Labute approximate surface area is 129 Å². The molecule has 0 aliphatic heterocycles. The molecule has 0 radical (unpaired) electrons. The Kier molecular flexibility index (Phi) is 4.45. The predicted molar refractivity (Wildman–Crippen MR) is 81.1 cm³/mol. The molecular weight excluding hydrogens is 351 g/mol. The Morgan fingerprint density at radius 1 is 1.26 bits per heavy atom. The van der Waals surface area contributed by atoms with Gasteiger partial charge in [-0.15, -0.1) is 0 Å². The second-order valence-electron chi connectivity index (χ2n) is 3.85. The molecule has 3 nitrogen and oxygen atoms in total. The molecule has 1 aromatic heterocycles. The number of carbonyl (C=O) groups excluding carboxylic acids is 1. The molecule has 0 aliphatic rings. The molecule has 1 amide bonds. The number of amides is 1. The zero-order valence-corrected chi connectivity index (χ0v) is 13.0. The van der Waals surface area contributed by atoms with E-state index in [9.17, 15) is 4.79 Å². The molecule has 0 fully saturated rings. The first-order valence-corrected chi connectivity index (χ1v) is 6.92. The van der Waals surface area contributed by atoms with Crippen LogP contribution in [0.15, 0.2) is 34.9 Å². The molecule has 1 aromatic carbocycles. The van der Waals surface area contributed by atoms with Crippen LogP contribution in [-0.4, -0.2) is 10.9 Å². The number of aromatic nitrogens is 1. The van der Waals surface area contributed by atoms with E-state index in [0.29, 0.717) is 31.6 Å². The van der Waals surface area contributed by atoms with Crippen LogP contribution in [0.3, 0.4) is 0 Å². The summed E-state index contributed by atoms with van der Waals surface area (Å²) in [5.74, 6) is -0.297. The van der Waals surface area contributed by atoms with Crippen molar-refractivity contribution in [3.63, 3.8) is 0 Å². The lowest BCUT2D eigenvalue weighted by atomic mass is 10.2. The maximum absolute atomic E-state index is 12.1. The normalized spacial score (nSPS) is 10.3. The standard InChI is InChI=1S/C13H9BrCl2N2O/c1-7-11(4-5-12(14)17-7)18-13(19)9-3-2-8(15)6-10(9)16/h2-6H,1H3,(H,18,19). The second-order valence-corrected chi connectivity index (χ2v) is 5.50. The summed E-state index contributed by atoms with van der Waals surface area (Å²) >= 11 is 15.0. The number of halogens is 3. The average molecular weight is 360 g/mol. The van der Waals surface area contributed by atoms with E-state index >= 15 is 0 Å². The smallest absolute Gasteiger partial charge is 0.257 e. The maximum Gasteiger partial charge on any atom is 0.257 e. The number of rotatable bonds is 2. The molecule has 0 aliphatic carbocycles. The molecule has 1 heterocycles. The SMILES string of the molecule is Cc1nc(Br)ccc1NC(=O)c1ccc(Cl)cc1Cl. The zero-order chi connectivity index (χ0) is 14.0. The van der Waals surface area contributed by atoms with Crippen LogP contribution in [0.5, 0.6) is 0 Å². The van der Waals surface area contributed by atoms with Crippen molar-refractivity contribution < 1.29 is 4.79 Å². The Morgan fingerprint density at radius 2 is 2.00 bits per heavy atom. The fraction of sp³-hybridized carbons (Fsp3) is 0.0769. The first-order valence-electron chi connectivity index (χ1n) is 5.37. The maximum atomic E-state index is 12.1. The van der Waals surface area contributed by atoms with Crippen molar-refractivity contribution in [2.75, 3.05) is 5.32 Å². The summed E-state index contributed by atoms with van der Waals surface area (Å²) in [7, 11) is 0. The summed E-state index contributed by atoms with van der Waals surface area (Å²) in [6.45, 7) is 1.81. The number of pyridine rings is 1. The monoisotopic (exact) mass is 358 g/mol. The number of nitrogens with zero attached hydrogens (tertiary/aromatic N) is 1. The Balaban J connectivity index is 2.25. The molecule has 2 rings (SSSR count). The first kappa shape index (κ1) is 14.3. The lowest BCUT2D eigenvalue weighted by Crippen LogP contribution is -2.13. The summed E-state index contributed by atoms with van der Waals surface area (Å²) in [5.41, 5.74) is 1.72. The third-order valence-electron chi connectivity index (χ3n) is 2.48. The van der Waals surface area contributed by atoms with Gasteiger partial charge >= 0.3 is 0 Å². The zero-order valence-electron chi connectivity index (χ0n) is 9.88. The van der Waals surface area contributed by atoms with Crippen LogP contribution in [0, 0.1) is 6.92 Å². The average Bonchev–Trinajstić information content (AvgIpc) is 2.32. The van der Waals surface area contributed by atoms with Gasteiger partial charge in [-0.3, -0.25) is 4.79 Å². The first-order chi connectivity index (χ1) is 8.97. The van der Waals surface area contributed by atoms with Crippen molar-refractivity contribution >= 4 is 50.7 Å². The molecule has 6 heteroatoms. The number of nitrogens with one attached hydrogen (secondary N) is 1. The van der Waals surface area contributed by atoms with Crippen molar-refractivity contribution in [2.45, 2.75) is 6.92 Å². The van der Waals surface area contributed by atoms with Crippen molar-refractivity contribution in [2.24, 2.45) is 0 Å². The number of hydrogen-bond acceptors (Lipinski definition) is 2. The molecule has 0 saturated heterocycles. The molecule has 19 heavy (non-hydrogen) atoms. The van der Waals surface area contributed by atoms with Crippen LogP contribution >= 0.6 is 39.1 Å². The van der Waals surface area contributed by atoms with Gasteiger partial charge in [-0.1, -0.05) is 23.2 Å². The summed E-state index contributed by atoms with van der Waals surface area (Å²) in [6, 6.07) is 8.27. The van der Waals surface area contributed by atoms with Crippen LogP contribution < -0.4 is 5.32 Å². The Hall–Kier alpha value is -1.10. The molecule has 0 atom stereocenters. The van der Waals surface area contributed by atoms with Crippen LogP contribution in [0.2, 0.25) is 10.0 Å². The van der Waals surface area contributed by atoms with Gasteiger partial charge in [0.15, 0.2) is 0 Å². The largest absolute Gasteiger partial charge is 0.320 e. The quantitative estimate of drug-likeness (QED) is 0.789. The van der Waals surface area contributed by atoms with E-state index in [2.05, 4.69) is 26.2 Å². The molecular formula is C13H9BrCl2N2O. The van der Waals surface area contributed by atoms with E-state index in [-0.39, 0.29) is 5.91 Å². The van der Waals surface area contributed by atoms with Crippen LogP contribution in [0.1, 0.15) is 16.1 Å². The lowest BCUT2D eigenvalue weighted by Gasteiger charge is -2.09. The van der Waals surface area contributed by atoms with E-state index in [1.54, 1.807) is 24.3 Å². The Morgan fingerprint density at radius 3 is 2.63 bits per heavy atom. The minimum atomic E-state index is -0.297. The van der Waals surface area contributed by atoms with E-state index < -0.39 is 0 Å². The van der Waals surface area contributed by atoms with Gasteiger partial charge in [-0.25, -0.2) is 4.98 Å². The molecule has 0 spiro atoms. The number of anilines is 1. The molecule has 98 valence electrons. The summed E-state index contributed by atoms with van der Waals surface area (Å²) in [5, 5.41) is 3.57. The second kappa shape index (κ2) is 5.90. The number of carbonyl (C=O) groups is 1. The van der Waals surface area contributed by atoms with Crippen LogP contribution in [0.4, 0.5) is 5.69 Å². The topological polar surface area (TPSA) is 42.0 Å². The van der Waals surface area contributed by atoms with Gasteiger partial charge in [0, 0.05) is 5.02 Å². The minimum Gasteiger partial charge on any atom is -0.320 e. The highest BCUT2D eigenvalue weighted by molar-refractivity contribution is 9.10. The summed E-state index contributed by atoms with van der Waals surface area (Å²) in [4.78, 5) is 16.3. The van der Waals surface area contributed by atoms with Crippen molar-refractivity contribution in [1.82, 2.24) is 4.98 Å². The van der Waals surface area contributed by atoms with E-state index in [1.165, 1.54) is 6.07 Å². The van der Waals surface area contributed by atoms with Gasteiger partial charge in [0.05, 0.1) is 22.0 Å². The van der Waals surface area contributed by atoms with Gasteiger partial charge in [0.2, 0.25) is 0 Å². The number of aryl methyl sites for hydroxylation is 1. The highest BCUT2D eigenvalue weighted by atomic mass is 79.9. The van der Waals surface area contributed by atoms with E-state index in [0.717, 1.165) is 0 Å². The number of benzene rings is 1. The van der Waals surface area contributed by atoms with Crippen LogP contribution in [-0.2, 0) is 0 Å². The molecule has 2 aromatic rings. The Bertz CT molecular complexity index is 647. The van der Waals surface area contributed by atoms with Crippen molar-refractivity contribution in [3.05, 3.63) is 56.2 Å². The van der Waals surface area contributed by atoms with Crippen LogP contribution in [0.25, 0.3) is 0 Å². The lowest BCUT2D eigenvalue weighted by molar-refractivity contribution is 0.102. The molecule has 0 unspecified atom stereocenters. The van der Waals surface area contributed by atoms with Gasteiger partial charge in [0.25, 0.3) is 5.91 Å². The minimum absolute atomic E-state index is 0.297. The predicted octanol–water partition coefficient (Wildman–Crippen LogP) is 4.71. The van der Waals surface area contributed by atoms with Gasteiger partial charge in [-0.2, -0.15) is 0 Å². The van der Waals surface area contributed by atoms with E-state index in [4.69, 9.17) is 23.2 Å². The van der Waals surface area contributed by atoms with Crippen molar-refractivity contribution in [3.8, 4) is 0 Å². The fourth-order valence-electron chi connectivity index (χ4n) is 1.53. The molecule has 0 saturated carbocycles. The highest BCUT2D eigenvalue weighted by Crippen LogP contribution is 2.23.